The minimum Gasteiger partial charge on any atom is -0.379 e. The molecule has 0 aliphatic carbocycles. The van der Waals surface area contributed by atoms with Gasteiger partial charge in [0.25, 0.3) is 5.91 Å². The van der Waals surface area contributed by atoms with Gasteiger partial charge in [-0.3, -0.25) is 9.20 Å². The van der Waals surface area contributed by atoms with E-state index in [1.807, 2.05) is 36.5 Å². The maximum absolute atomic E-state index is 12.7. The number of hydrogen-bond donors (Lipinski definition) is 1. The third-order valence-corrected chi connectivity index (χ3v) is 4.48. The molecule has 0 saturated carbocycles. The zero-order chi connectivity index (χ0) is 17.8. The first-order valence-corrected chi connectivity index (χ1v) is 8.64. The van der Waals surface area contributed by atoms with Gasteiger partial charge in [-0.15, -0.1) is 10.2 Å². The Kier molecular flexibility index (Phi) is 4.90. The van der Waals surface area contributed by atoms with Gasteiger partial charge in [-0.05, 0) is 24.1 Å². The van der Waals surface area contributed by atoms with Crippen molar-refractivity contribution in [1.82, 2.24) is 19.9 Å². The van der Waals surface area contributed by atoms with E-state index in [9.17, 15) is 4.79 Å². The number of fused-ring (bicyclic) bond motifs is 1. The number of ether oxygens (including phenoxy) is 2. The van der Waals surface area contributed by atoms with Gasteiger partial charge >= 0.3 is 0 Å². The number of rotatable bonds is 5. The van der Waals surface area contributed by atoms with Crippen molar-refractivity contribution < 1.29 is 14.3 Å². The summed E-state index contributed by atoms with van der Waals surface area (Å²) < 4.78 is 13.3. The number of benzene rings is 1. The van der Waals surface area contributed by atoms with Crippen molar-refractivity contribution >= 4 is 11.6 Å². The molecule has 2 atom stereocenters. The first kappa shape index (κ1) is 16.7. The molecule has 7 heteroatoms. The van der Waals surface area contributed by atoms with E-state index in [1.54, 1.807) is 22.9 Å². The average molecular weight is 352 g/mol. The fourth-order valence-corrected chi connectivity index (χ4v) is 3.10. The lowest BCUT2D eigenvalue weighted by atomic mass is 10.1. The van der Waals surface area contributed by atoms with E-state index in [1.165, 1.54) is 0 Å². The van der Waals surface area contributed by atoms with Crippen LogP contribution >= 0.6 is 0 Å². The summed E-state index contributed by atoms with van der Waals surface area (Å²) in [5.74, 6) is -0.201. The van der Waals surface area contributed by atoms with Crippen LogP contribution in [-0.4, -0.2) is 45.9 Å². The Balaban J connectivity index is 1.44. The van der Waals surface area contributed by atoms with E-state index in [4.69, 9.17) is 9.47 Å². The zero-order valence-electron chi connectivity index (χ0n) is 14.2. The molecule has 0 bridgehead atoms. The SMILES string of the molecule is O=C(N[C@@H]1COCC[C@@H]1OCc1ccccc1)c1cccn2cnnc12. The highest BCUT2D eigenvalue weighted by Gasteiger charge is 2.29. The first-order valence-electron chi connectivity index (χ1n) is 8.64. The maximum atomic E-state index is 12.7. The van der Waals surface area contributed by atoms with Crippen LogP contribution in [0, 0.1) is 0 Å². The summed E-state index contributed by atoms with van der Waals surface area (Å²) in [6, 6.07) is 13.3. The molecule has 1 aliphatic rings. The van der Waals surface area contributed by atoms with Crippen LogP contribution in [0.15, 0.2) is 55.0 Å². The molecule has 134 valence electrons. The third kappa shape index (κ3) is 3.58. The lowest BCUT2D eigenvalue weighted by Gasteiger charge is -2.32. The van der Waals surface area contributed by atoms with Crippen LogP contribution in [0.1, 0.15) is 22.3 Å². The second kappa shape index (κ2) is 7.63. The minimum atomic E-state index is -0.205. The van der Waals surface area contributed by atoms with Gasteiger partial charge < -0.3 is 14.8 Å². The molecule has 1 amide bonds. The van der Waals surface area contributed by atoms with Crippen molar-refractivity contribution in [3.8, 4) is 0 Å². The van der Waals surface area contributed by atoms with Crippen LogP contribution in [0.4, 0.5) is 0 Å². The third-order valence-electron chi connectivity index (χ3n) is 4.48. The van der Waals surface area contributed by atoms with Crippen LogP contribution in [-0.2, 0) is 16.1 Å². The summed E-state index contributed by atoms with van der Waals surface area (Å²) in [5.41, 5.74) is 2.12. The van der Waals surface area contributed by atoms with Gasteiger partial charge in [0, 0.05) is 12.8 Å². The minimum absolute atomic E-state index is 0.0921. The predicted molar refractivity (Wildman–Crippen MR) is 94.7 cm³/mol. The van der Waals surface area contributed by atoms with Crippen molar-refractivity contribution in [3.63, 3.8) is 0 Å². The highest BCUT2D eigenvalue weighted by Crippen LogP contribution is 2.16. The van der Waals surface area contributed by atoms with Crippen molar-refractivity contribution in [1.29, 1.82) is 0 Å². The molecule has 0 unspecified atom stereocenters. The van der Waals surface area contributed by atoms with E-state index in [-0.39, 0.29) is 18.1 Å². The monoisotopic (exact) mass is 352 g/mol. The summed E-state index contributed by atoms with van der Waals surface area (Å²) in [6.07, 6.45) is 4.03. The lowest BCUT2D eigenvalue weighted by molar-refractivity contribution is -0.0605. The van der Waals surface area contributed by atoms with E-state index in [0.29, 0.717) is 31.0 Å². The molecule has 1 fully saturated rings. The number of nitrogens with one attached hydrogen (secondary N) is 1. The van der Waals surface area contributed by atoms with Gasteiger partial charge in [-0.2, -0.15) is 0 Å². The quantitative estimate of drug-likeness (QED) is 0.758. The van der Waals surface area contributed by atoms with Crippen LogP contribution in [0.5, 0.6) is 0 Å². The van der Waals surface area contributed by atoms with Crippen molar-refractivity contribution in [2.75, 3.05) is 13.2 Å². The molecule has 0 radical (unpaired) electrons. The molecular weight excluding hydrogens is 332 g/mol. The Morgan fingerprint density at radius 3 is 3.04 bits per heavy atom. The molecule has 3 aromatic rings. The van der Waals surface area contributed by atoms with Gasteiger partial charge in [0.1, 0.15) is 6.33 Å². The first-order chi connectivity index (χ1) is 12.8. The maximum Gasteiger partial charge on any atom is 0.255 e. The van der Waals surface area contributed by atoms with Gasteiger partial charge in [0.15, 0.2) is 5.65 Å². The number of aromatic nitrogens is 3. The smallest absolute Gasteiger partial charge is 0.255 e. The van der Waals surface area contributed by atoms with E-state index < -0.39 is 0 Å². The number of carbonyl (C=O) groups is 1. The summed E-state index contributed by atoms with van der Waals surface area (Å²) in [6.45, 7) is 1.57. The fraction of sp³-hybridized carbons (Fsp3) is 0.316. The fourth-order valence-electron chi connectivity index (χ4n) is 3.10. The van der Waals surface area contributed by atoms with Gasteiger partial charge in [0.05, 0.1) is 30.9 Å². The molecule has 1 aromatic carbocycles. The van der Waals surface area contributed by atoms with Crippen molar-refractivity contribution in [2.45, 2.75) is 25.2 Å². The zero-order valence-corrected chi connectivity index (χ0v) is 14.2. The Hall–Kier alpha value is -2.77. The van der Waals surface area contributed by atoms with Crippen LogP contribution in [0.2, 0.25) is 0 Å². The predicted octanol–water partition coefficient (Wildman–Crippen LogP) is 1.83. The average Bonchev–Trinajstić information content (AvgIpc) is 3.17. The Morgan fingerprint density at radius 2 is 2.15 bits per heavy atom. The molecule has 3 heterocycles. The molecule has 0 spiro atoms. The van der Waals surface area contributed by atoms with Crippen LogP contribution < -0.4 is 5.32 Å². The molecule has 26 heavy (non-hydrogen) atoms. The van der Waals surface area contributed by atoms with E-state index in [0.717, 1.165) is 12.0 Å². The number of pyridine rings is 1. The second-order valence-electron chi connectivity index (χ2n) is 6.26. The van der Waals surface area contributed by atoms with Crippen LogP contribution in [0.3, 0.4) is 0 Å². The van der Waals surface area contributed by atoms with Gasteiger partial charge in [0.2, 0.25) is 0 Å². The molecule has 1 saturated heterocycles. The van der Waals surface area contributed by atoms with Crippen LogP contribution in [0.25, 0.3) is 5.65 Å². The summed E-state index contributed by atoms with van der Waals surface area (Å²) >= 11 is 0. The second-order valence-corrected chi connectivity index (χ2v) is 6.26. The highest BCUT2D eigenvalue weighted by atomic mass is 16.5. The summed E-state index contributed by atoms with van der Waals surface area (Å²) in [4.78, 5) is 12.7. The molecule has 1 aliphatic heterocycles. The largest absolute Gasteiger partial charge is 0.379 e. The van der Waals surface area contributed by atoms with Crippen molar-refractivity contribution in [3.05, 3.63) is 66.1 Å². The normalized spacial score (nSPS) is 20.2. The van der Waals surface area contributed by atoms with Gasteiger partial charge in [-0.25, -0.2) is 0 Å². The van der Waals surface area contributed by atoms with E-state index >= 15 is 0 Å². The number of amides is 1. The molecular formula is C19H20N4O3. The topological polar surface area (TPSA) is 77.8 Å². The number of nitrogens with zero attached hydrogens (tertiary/aromatic N) is 3. The Labute approximate surface area is 151 Å². The van der Waals surface area contributed by atoms with Gasteiger partial charge in [-0.1, -0.05) is 30.3 Å². The van der Waals surface area contributed by atoms with Crippen molar-refractivity contribution in [2.24, 2.45) is 0 Å². The molecule has 4 rings (SSSR count). The Morgan fingerprint density at radius 1 is 1.27 bits per heavy atom. The summed E-state index contributed by atoms with van der Waals surface area (Å²) in [7, 11) is 0. The standard InChI is InChI=1S/C19H20N4O3/c24-19(15-7-4-9-23-13-20-22-18(15)23)21-16-12-25-10-8-17(16)26-11-14-5-2-1-3-6-14/h1-7,9,13,16-17H,8,10-12H2,(H,21,24)/t16-,17+/m1/s1. The van der Waals surface area contributed by atoms with E-state index in [2.05, 4.69) is 15.5 Å². The Bertz CT molecular complexity index is 881. The summed E-state index contributed by atoms with van der Waals surface area (Å²) in [5, 5.41) is 10.9. The molecule has 1 N–H and O–H groups in total. The molecule has 2 aromatic heterocycles. The molecule has 7 nitrogen and oxygen atoms in total. The number of carbonyl (C=O) groups excluding carboxylic acids is 1. The lowest BCUT2D eigenvalue weighted by Crippen LogP contribution is -2.50. The highest BCUT2D eigenvalue weighted by molar-refractivity contribution is 5.99. The number of hydrogen-bond acceptors (Lipinski definition) is 5.